The number of ketones is 1. The monoisotopic (exact) mass is 342 g/mol. The van der Waals surface area contributed by atoms with Crippen LogP contribution in [0.4, 0.5) is 0 Å². The molecule has 0 unspecified atom stereocenters. The summed E-state index contributed by atoms with van der Waals surface area (Å²) in [6, 6.07) is 5.32. The van der Waals surface area contributed by atoms with Crippen LogP contribution in [0.25, 0.3) is 0 Å². The van der Waals surface area contributed by atoms with E-state index in [9.17, 15) is 4.79 Å². The molecule has 2 heterocycles. The molecule has 5 heteroatoms. The molecular formula is C17H20Cl2O3. The maximum absolute atomic E-state index is 12.8. The van der Waals surface area contributed by atoms with Gasteiger partial charge in [0.25, 0.3) is 0 Å². The van der Waals surface area contributed by atoms with Crippen LogP contribution in [0.15, 0.2) is 18.2 Å². The Kier molecular flexibility index (Phi) is 4.05. The molecule has 0 saturated carbocycles. The number of hydrogen-bond donors (Lipinski definition) is 0. The van der Waals surface area contributed by atoms with Crippen LogP contribution in [0, 0.1) is 5.92 Å². The molecular weight excluding hydrogens is 323 g/mol. The number of ether oxygens (including phenoxy) is 2. The lowest BCUT2D eigenvalue weighted by atomic mass is 9.74. The van der Waals surface area contributed by atoms with Crippen LogP contribution in [0.2, 0.25) is 10.0 Å². The van der Waals surface area contributed by atoms with Crippen LogP contribution < -0.4 is 0 Å². The Morgan fingerprint density at radius 3 is 2.50 bits per heavy atom. The molecule has 0 spiro atoms. The molecule has 2 fully saturated rings. The lowest BCUT2D eigenvalue weighted by Crippen LogP contribution is -2.48. The predicted octanol–water partition coefficient (Wildman–Crippen LogP) is 4.43. The second kappa shape index (κ2) is 5.48. The summed E-state index contributed by atoms with van der Waals surface area (Å²) in [6.07, 6.45) is 1.04. The van der Waals surface area contributed by atoms with Crippen molar-refractivity contribution in [2.75, 3.05) is 0 Å². The van der Waals surface area contributed by atoms with Gasteiger partial charge in [-0.25, -0.2) is 0 Å². The van der Waals surface area contributed by atoms with Gasteiger partial charge in [0.1, 0.15) is 17.3 Å². The second-order valence-corrected chi connectivity index (χ2v) is 7.53. The van der Waals surface area contributed by atoms with Crippen molar-refractivity contribution in [3.63, 3.8) is 0 Å². The lowest BCUT2D eigenvalue weighted by molar-refractivity contribution is -0.139. The summed E-state index contributed by atoms with van der Waals surface area (Å²) >= 11 is 12.3. The van der Waals surface area contributed by atoms with Crippen molar-refractivity contribution < 1.29 is 14.3 Å². The standard InChI is InChI=1S/C17H20Cl2O3/c1-10(2)17-8-7-16(3,22-17)15(14(17)20)21-9-11-12(18)5-4-6-13(11)19/h4-6,10,15H,7-9H2,1-3H3/t15-,16+,17+/m1/s1. The first-order valence-electron chi connectivity index (χ1n) is 7.59. The van der Waals surface area contributed by atoms with Gasteiger partial charge in [-0.15, -0.1) is 0 Å². The van der Waals surface area contributed by atoms with E-state index < -0.39 is 17.3 Å². The Morgan fingerprint density at radius 1 is 1.32 bits per heavy atom. The van der Waals surface area contributed by atoms with Gasteiger partial charge in [-0.05, 0) is 37.8 Å². The highest BCUT2D eigenvalue weighted by atomic mass is 35.5. The third kappa shape index (κ3) is 2.30. The second-order valence-electron chi connectivity index (χ2n) is 6.71. The summed E-state index contributed by atoms with van der Waals surface area (Å²) in [4.78, 5) is 12.8. The van der Waals surface area contributed by atoms with Crippen molar-refractivity contribution in [1.82, 2.24) is 0 Å². The van der Waals surface area contributed by atoms with E-state index in [4.69, 9.17) is 32.7 Å². The van der Waals surface area contributed by atoms with E-state index in [1.807, 2.05) is 20.8 Å². The molecule has 3 rings (SSSR count). The van der Waals surface area contributed by atoms with Crippen molar-refractivity contribution in [3.8, 4) is 0 Å². The van der Waals surface area contributed by atoms with Gasteiger partial charge in [0.05, 0.1) is 6.61 Å². The minimum absolute atomic E-state index is 0.0550. The molecule has 2 aliphatic rings. The van der Waals surface area contributed by atoms with E-state index in [0.717, 1.165) is 12.8 Å². The van der Waals surface area contributed by atoms with Crippen molar-refractivity contribution in [2.45, 2.75) is 57.5 Å². The highest BCUT2D eigenvalue weighted by Crippen LogP contribution is 2.53. The number of carbonyl (C=O) groups is 1. The topological polar surface area (TPSA) is 35.5 Å². The first kappa shape index (κ1) is 16.3. The molecule has 3 nitrogen and oxygen atoms in total. The van der Waals surface area contributed by atoms with Crippen LogP contribution in [0.1, 0.15) is 39.2 Å². The van der Waals surface area contributed by atoms with Gasteiger partial charge in [-0.1, -0.05) is 43.1 Å². The van der Waals surface area contributed by atoms with Crippen LogP contribution in [-0.2, 0) is 20.9 Å². The van der Waals surface area contributed by atoms with Crippen molar-refractivity contribution in [3.05, 3.63) is 33.8 Å². The van der Waals surface area contributed by atoms with E-state index in [0.29, 0.717) is 15.6 Å². The first-order chi connectivity index (χ1) is 10.3. The zero-order chi connectivity index (χ0) is 16.1. The third-order valence-electron chi connectivity index (χ3n) is 5.01. The normalized spacial score (nSPS) is 33.9. The number of rotatable bonds is 4. The zero-order valence-corrected chi connectivity index (χ0v) is 14.5. The number of halogens is 2. The van der Waals surface area contributed by atoms with Gasteiger partial charge >= 0.3 is 0 Å². The average molecular weight is 343 g/mol. The Labute approximate surface area is 140 Å². The zero-order valence-electron chi connectivity index (χ0n) is 13.0. The van der Waals surface area contributed by atoms with Crippen molar-refractivity contribution >= 4 is 29.0 Å². The minimum Gasteiger partial charge on any atom is -0.362 e. The molecule has 2 bridgehead atoms. The lowest BCUT2D eigenvalue weighted by Gasteiger charge is -2.30. The highest BCUT2D eigenvalue weighted by molar-refractivity contribution is 6.35. The van der Waals surface area contributed by atoms with E-state index >= 15 is 0 Å². The van der Waals surface area contributed by atoms with Crippen LogP contribution in [0.5, 0.6) is 0 Å². The van der Waals surface area contributed by atoms with Gasteiger partial charge < -0.3 is 9.47 Å². The van der Waals surface area contributed by atoms with Crippen molar-refractivity contribution in [2.24, 2.45) is 5.92 Å². The molecule has 2 aliphatic heterocycles. The Hall–Kier alpha value is -0.610. The fourth-order valence-electron chi connectivity index (χ4n) is 3.59. The first-order valence-corrected chi connectivity index (χ1v) is 8.35. The molecule has 1 aromatic rings. The summed E-state index contributed by atoms with van der Waals surface area (Å²) in [5.74, 6) is 0.193. The number of fused-ring (bicyclic) bond motifs is 2. The van der Waals surface area contributed by atoms with Crippen LogP contribution >= 0.6 is 23.2 Å². The summed E-state index contributed by atoms with van der Waals surface area (Å²) in [5.41, 5.74) is -0.526. The van der Waals surface area contributed by atoms with Gasteiger partial charge in [0, 0.05) is 15.6 Å². The van der Waals surface area contributed by atoms with Gasteiger partial charge in [-0.3, -0.25) is 4.79 Å². The fraction of sp³-hybridized carbons (Fsp3) is 0.588. The molecule has 0 aromatic heterocycles. The fourth-order valence-corrected chi connectivity index (χ4v) is 4.10. The molecule has 3 atom stereocenters. The number of Topliss-reactive ketones (excluding diaryl/α,β-unsaturated/α-hetero) is 1. The Morgan fingerprint density at radius 2 is 1.95 bits per heavy atom. The van der Waals surface area contributed by atoms with Gasteiger partial charge in [-0.2, -0.15) is 0 Å². The smallest absolute Gasteiger partial charge is 0.196 e. The molecule has 0 aliphatic carbocycles. The molecule has 0 amide bonds. The molecule has 2 saturated heterocycles. The number of carbonyl (C=O) groups excluding carboxylic acids is 1. The van der Waals surface area contributed by atoms with E-state index in [1.54, 1.807) is 18.2 Å². The molecule has 0 N–H and O–H groups in total. The number of hydrogen-bond acceptors (Lipinski definition) is 3. The van der Waals surface area contributed by atoms with Gasteiger partial charge in [0.2, 0.25) is 0 Å². The molecule has 22 heavy (non-hydrogen) atoms. The Bertz CT molecular complexity index is 596. The quantitative estimate of drug-likeness (QED) is 0.812. The summed E-state index contributed by atoms with van der Waals surface area (Å²) in [5, 5.41) is 1.10. The molecule has 1 aromatic carbocycles. The third-order valence-corrected chi connectivity index (χ3v) is 5.71. The van der Waals surface area contributed by atoms with Gasteiger partial charge in [0.15, 0.2) is 5.78 Å². The average Bonchev–Trinajstić information content (AvgIpc) is 2.90. The molecule has 0 radical (unpaired) electrons. The van der Waals surface area contributed by atoms with Crippen LogP contribution in [-0.4, -0.2) is 23.1 Å². The largest absolute Gasteiger partial charge is 0.362 e. The maximum Gasteiger partial charge on any atom is 0.196 e. The van der Waals surface area contributed by atoms with E-state index in [1.165, 1.54) is 0 Å². The highest BCUT2D eigenvalue weighted by Gasteiger charge is 2.67. The predicted molar refractivity (Wildman–Crippen MR) is 86.3 cm³/mol. The number of benzene rings is 1. The maximum atomic E-state index is 12.8. The minimum atomic E-state index is -0.691. The van der Waals surface area contributed by atoms with E-state index in [2.05, 4.69) is 0 Å². The van der Waals surface area contributed by atoms with Crippen LogP contribution in [0.3, 0.4) is 0 Å². The Balaban J connectivity index is 1.81. The van der Waals surface area contributed by atoms with Crippen molar-refractivity contribution in [1.29, 1.82) is 0 Å². The van der Waals surface area contributed by atoms with E-state index in [-0.39, 0.29) is 18.3 Å². The molecule has 120 valence electrons. The SMILES string of the molecule is CC(C)[C@]12CC[C@](C)(O1)[C@H](OCc1c(Cl)cccc1Cl)C2=O. The summed E-state index contributed by atoms with van der Waals surface area (Å²) < 4.78 is 12.1. The summed E-state index contributed by atoms with van der Waals surface area (Å²) in [6.45, 7) is 6.22. The summed E-state index contributed by atoms with van der Waals surface area (Å²) in [7, 11) is 0.